The third-order valence-electron chi connectivity index (χ3n) is 5.12. The van der Waals surface area contributed by atoms with Gasteiger partial charge >= 0.3 is 5.97 Å². The van der Waals surface area contributed by atoms with Crippen molar-refractivity contribution in [1.29, 1.82) is 0 Å². The molecule has 6 nitrogen and oxygen atoms in total. The molecule has 0 atom stereocenters. The monoisotopic (exact) mass is 443 g/mol. The van der Waals surface area contributed by atoms with Gasteiger partial charge in [-0.3, -0.25) is 4.79 Å². The van der Waals surface area contributed by atoms with Crippen LogP contribution in [0.25, 0.3) is 10.9 Å². The summed E-state index contributed by atoms with van der Waals surface area (Å²) < 4.78 is 18.1. The molecule has 4 rings (SSSR count). The maximum atomic E-state index is 13.0. The molecule has 33 heavy (non-hydrogen) atoms. The summed E-state index contributed by atoms with van der Waals surface area (Å²) in [5.74, 6) is 0.395. The Morgan fingerprint density at radius 2 is 1.52 bits per heavy atom. The largest absolute Gasteiger partial charge is 0.485 e. The van der Waals surface area contributed by atoms with E-state index in [2.05, 4.69) is 16.7 Å². The smallest absolute Gasteiger partial charge is 0.344 e. The first kappa shape index (κ1) is 22.1. The second-order valence-corrected chi connectivity index (χ2v) is 7.45. The normalized spacial score (nSPS) is 10.7. The number of rotatable bonds is 10. The summed E-state index contributed by atoms with van der Waals surface area (Å²) in [5, 5.41) is 0.897. The van der Waals surface area contributed by atoms with E-state index in [-0.39, 0.29) is 19.0 Å². The Morgan fingerprint density at radius 3 is 2.27 bits per heavy atom. The molecule has 0 aliphatic rings. The molecule has 0 saturated carbocycles. The van der Waals surface area contributed by atoms with Crippen LogP contribution in [-0.2, 0) is 16.1 Å². The summed E-state index contributed by atoms with van der Waals surface area (Å²) in [6.45, 7) is 2.42. The predicted molar refractivity (Wildman–Crippen MR) is 126 cm³/mol. The second kappa shape index (κ2) is 10.5. The van der Waals surface area contributed by atoms with Crippen LogP contribution in [0.15, 0.2) is 85.1 Å². The van der Waals surface area contributed by atoms with Crippen LogP contribution >= 0.6 is 0 Å². The fourth-order valence-corrected chi connectivity index (χ4v) is 3.61. The molecule has 0 N–H and O–H groups in total. The van der Waals surface area contributed by atoms with Crippen LogP contribution in [0.2, 0.25) is 0 Å². The topological polar surface area (TPSA) is 66.8 Å². The van der Waals surface area contributed by atoms with Crippen molar-refractivity contribution in [3.05, 3.63) is 96.2 Å². The molecule has 1 heterocycles. The number of Topliss-reactive ketones (excluding diaryl/α,β-unsaturated/α-hetero) is 1. The van der Waals surface area contributed by atoms with Crippen molar-refractivity contribution in [3.8, 4) is 11.5 Å². The second-order valence-electron chi connectivity index (χ2n) is 7.45. The summed E-state index contributed by atoms with van der Waals surface area (Å²) in [5.41, 5.74) is 2.78. The maximum absolute atomic E-state index is 13.0. The zero-order valence-electron chi connectivity index (χ0n) is 18.4. The van der Waals surface area contributed by atoms with Crippen LogP contribution in [-0.4, -0.2) is 36.1 Å². The first-order valence-electron chi connectivity index (χ1n) is 10.8. The van der Waals surface area contributed by atoms with E-state index >= 15 is 0 Å². The number of ether oxygens (including phenoxy) is 3. The zero-order valence-corrected chi connectivity index (χ0v) is 18.4. The highest BCUT2D eigenvalue weighted by Crippen LogP contribution is 2.24. The third-order valence-corrected chi connectivity index (χ3v) is 5.12. The van der Waals surface area contributed by atoms with Crippen LogP contribution < -0.4 is 9.47 Å². The molecule has 0 unspecified atom stereocenters. The Labute approximate surface area is 192 Å². The van der Waals surface area contributed by atoms with Gasteiger partial charge in [-0.1, -0.05) is 54.6 Å². The van der Waals surface area contributed by atoms with Crippen molar-refractivity contribution in [2.75, 3.05) is 19.8 Å². The molecule has 168 valence electrons. The van der Waals surface area contributed by atoms with Gasteiger partial charge in [-0.25, -0.2) is 4.79 Å². The number of hydrogen-bond donors (Lipinski definition) is 0. The number of carbonyl (C=O) groups is 2. The number of carbonyl (C=O) groups excluding carboxylic acids is 2. The standard InChI is InChI=1S/C27H25NO5/c1-2-31-27(30)19-33-22-12-8-11-21(15-22)32-18-26(29)24-17-28(16-20-9-4-3-5-10-20)25-14-7-6-13-23(24)25/h3-15,17H,2,16,18-19H2,1H3. The molecule has 0 aliphatic carbocycles. The number of esters is 1. The Morgan fingerprint density at radius 1 is 0.818 bits per heavy atom. The average Bonchev–Trinajstić information content (AvgIpc) is 3.21. The van der Waals surface area contributed by atoms with Gasteiger partial charge < -0.3 is 18.8 Å². The summed E-state index contributed by atoms with van der Waals surface area (Å²) >= 11 is 0. The fourth-order valence-electron chi connectivity index (χ4n) is 3.61. The van der Waals surface area contributed by atoms with Crippen LogP contribution in [0.4, 0.5) is 0 Å². The van der Waals surface area contributed by atoms with Gasteiger partial charge in [0.25, 0.3) is 0 Å². The van der Waals surface area contributed by atoms with Gasteiger partial charge in [-0.05, 0) is 30.7 Å². The SMILES string of the molecule is CCOC(=O)COc1cccc(OCC(=O)c2cn(Cc3ccccc3)c3ccccc23)c1. The molecule has 0 aliphatic heterocycles. The van der Waals surface area contributed by atoms with Gasteiger partial charge in [0.1, 0.15) is 11.5 Å². The number of aromatic nitrogens is 1. The molecule has 0 fully saturated rings. The lowest BCUT2D eigenvalue weighted by atomic mass is 10.1. The van der Waals surface area contributed by atoms with Crippen molar-refractivity contribution in [2.24, 2.45) is 0 Å². The fraction of sp³-hybridized carbons (Fsp3) is 0.185. The van der Waals surface area contributed by atoms with Crippen LogP contribution in [0.5, 0.6) is 11.5 Å². The van der Waals surface area contributed by atoms with Crippen LogP contribution in [0.1, 0.15) is 22.8 Å². The van der Waals surface area contributed by atoms with Crippen LogP contribution in [0.3, 0.4) is 0 Å². The third kappa shape index (κ3) is 5.60. The molecule has 0 amide bonds. The van der Waals surface area contributed by atoms with Crippen LogP contribution in [0, 0.1) is 0 Å². The van der Waals surface area contributed by atoms with Crippen molar-refractivity contribution in [3.63, 3.8) is 0 Å². The van der Waals surface area contributed by atoms with Crippen molar-refractivity contribution in [2.45, 2.75) is 13.5 Å². The average molecular weight is 443 g/mol. The number of nitrogens with zero attached hydrogens (tertiary/aromatic N) is 1. The molecule has 1 aromatic heterocycles. The first-order chi connectivity index (χ1) is 16.1. The quantitative estimate of drug-likeness (QED) is 0.258. The Hall–Kier alpha value is -4.06. The predicted octanol–water partition coefficient (Wildman–Crippen LogP) is 4.89. The number of para-hydroxylation sites is 1. The van der Waals surface area contributed by atoms with E-state index < -0.39 is 5.97 Å². The summed E-state index contributed by atoms with van der Waals surface area (Å²) in [6.07, 6.45) is 1.89. The van der Waals surface area contributed by atoms with Gasteiger partial charge in [-0.2, -0.15) is 0 Å². The molecule has 0 radical (unpaired) electrons. The Balaban J connectivity index is 1.45. The van der Waals surface area contributed by atoms with Gasteiger partial charge in [0.05, 0.1) is 6.61 Å². The Kier molecular flexibility index (Phi) is 7.05. The van der Waals surface area contributed by atoms with Gasteiger partial charge in [0.2, 0.25) is 5.78 Å². The van der Waals surface area contributed by atoms with Gasteiger partial charge in [0, 0.05) is 35.3 Å². The molecule has 3 aromatic carbocycles. The van der Waals surface area contributed by atoms with E-state index in [9.17, 15) is 9.59 Å². The lowest BCUT2D eigenvalue weighted by Crippen LogP contribution is -2.14. The zero-order chi connectivity index (χ0) is 23.0. The van der Waals surface area contributed by atoms with E-state index in [0.29, 0.717) is 30.2 Å². The minimum absolute atomic E-state index is 0.110. The van der Waals surface area contributed by atoms with Crippen molar-refractivity contribution < 1.29 is 23.8 Å². The first-order valence-corrected chi connectivity index (χ1v) is 10.8. The number of ketones is 1. The maximum Gasteiger partial charge on any atom is 0.344 e. The van der Waals surface area contributed by atoms with E-state index in [0.717, 1.165) is 16.5 Å². The highest BCUT2D eigenvalue weighted by Gasteiger charge is 2.16. The summed E-state index contributed by atoms with van der Waals surface area (Å²) in [6, 6.07) is 24.8. The molecule has 0 bridgehead atoms. The van der Waals surface area contributed by atoms with Crippen molar-refractivity contribution >= 4 is 22.7 Å². The van der Waals surface area contributed by atoms with E-state index in [4.69, 9.17) is 14.2 Å². The lowest BCUT2D eigenvalue weighted by molar-refractivity contribution is -0.145. The number of fused-ring (bicyclic) bond motifs is 1. The summed E-state index contributed by atoms with van der Waals surface area (Å²) in [7, 11) is 0. The summed E-state index contributed by atoms with van der Waals surface area (Å²) in [4.78, 5) is 24.5. The lowest BCUT2D eigenvalue weighted by Gasteiger charge is -2.09. The highest BCUT2D eigenvalue weighted by atomic mass is 16.6. The number of benzene rings is 3. The van der Waals surface area contributed by atoms with Crippen molar-refractivity contribution in [1.82, 2.24) is 4.57 Å². The van der Waals surface area contributed by atoms with E-state index in [1.807, 2.05) is 48.7 Å². The highest BCUT2D eigenvalue weighted by molar-refractivity contribution is 6.08. The molecule has 0 saturated heterocycles. The van der Waals surface area contributed by atoms with E-state index in [1.54, 1.807) is 31.2 Å². The van der Waals surface area contributed by atoms with E-state index in [1.165, 1.54) is 0 Å². The molecule has 6 heteroatoms. The Bertz CT molecular complexity index is 1250. The molecule has 0 spiro atoms. The number of hydrogen-bond acceptors (Lipinski definition) is 5. The van der Waals surface area contributed by atoms with Gasteiger partial charge in [-0.15, -0.1) is 0 Å². The minimum Gasteiger partial charge on any atom is -0.485 e. The molecule has 4 aromatic rings. The molecular formula is C27H25NO5. The van der Waals surface area contributed by atoms with Gasteiger partial charge in [0.15, 0.2) is 13.2 Å². The molecular weight excluding hydrogens is 418 g/mol. The minimum atomic E-state index is -0.439.